The lowest BCUT2D eigenvalue weighted by molar-refractivity contribution is -0.119. The van der Waals surface area contributed by atoms with Crippen LogP contribution in [0.2, 0.25) is 0 Å². The minimum absolute atomic E-state index is 0.0283. The van der Waals surface area contributed by atoms with Gasteiger partial charge in [-0.05, 0) is 12.8 Å². The van der Waals surface area contributed by atoms with Gasteiger partial charge in [0.1, 0.15) is 11.6 Å². The average molecular weight is 251 g/mol. The molecular formula is C10H17N7O. The molecule has 1 saturated carbocycles. The predicted octanol–water partition coefficient (Wildman–Crippen LogP) is -0.941. The molecule has 1 aromatic rings. The molecule has 0 aliphatic heterocycles. The van der Waals surface area contributed by atoms with E-state index in [1.54, 1.807) is 18.0 Å². The van der Waals surface area contributed by atoms with Crippen molar-refractivity contribution >= 4 is 23.5 Å². The minimum Gasteiger partial charge on any atom is -0.368 e. The second-order valence-corrected chi connectivity index (χ2v) is 4.31. The van der Waals surface area contributed by atoms with Gasteiger partial charge in [-0.25, -0.2) is 5.84 Å². The van der Waals surface area contributed by atoms with Crippen molar-refractivity contribution in [2.75, 3.05) is 29.7 Å². The van der Waals surface area contributed by atoms with Gasteiger partial charge in [-0.15, -0.1) is 0 Å². The lowest BCUT2D eigenvalue weighted by Gasteiger charge is -2.18. The number of nitrogens with zero attached hydrogens (tertiary/aromatic N) is 3. The Morgan fingerprint density at radius 1 is 1.56 bits per heavy atom. The van der Waals surface area contributed by atoms with Gasteiger partial charge in [0.25, 0.3) is 0 Å². The maximum Gasteiger partial charge on any atom is 0.239 e. The van der Waals surface area contributed by atoms with Crippen LogP contribution in [0.5, 0.6) is 0 Å². The molecule has 0 spiro atoms. The van der Waals surface area contributed by atoms with Crippen molar-refractivity contribution in [1.29, 1.82) is 0 Å². The Bertz CT molecular complexity index is 446. The van der Waals surface area contributed by atoms with E-state index in [1.807, 2.05) is 0 Å². The normalized spacial score (nSPS) is 14.1. The van der Waals surface area contributed by atoms with Gasteiger partial charge in [0.15, 0.2) is 0 Å². The zero-order valence-corrected chi connectivity index (χ0v) is 10.2. The van der Waals surface area contributed by atoms with Crippen molar-refractivity contribution < 1.29 is 4.79 Å². The van der Waals surface area contributed by atoms with Gasteiger partial charge < -0.3 is 21.4 Å². The summed E-state index contributed by atoms with van der Waals surface area (Å²) in [4.78, 5) is 21.3. The summed E-state index contributed by atoms with van der Waals surface area (Å²) in [6.45, 7) is 0.219. The maximum absolute atomic E-state index is 11.6. The van der Waals surface area contributed by atoms with E-state index in [1.165, 1.54) is 0 Å². The predicted molar refractivity (Wildman–Crippen MR) is 68.7 cm³/mol. The van der Waals surface area contributed by atoms with Gasteiger partial charge in [0, 0.05) is 19.2 Å². The van der Waals surface area contributed by atoms with Crippen LogP contribution in [0.4, 0.5) is 17.6 Å². The highest BCUT2D eigenvalue weighted by molar-refractivity contribution is 5.81. The topological polar surface area (TPSA) is 122 Å². The van der Waals surface area contributed by atoms with Gasteiger partial charge in [0.05, 0.1) is 6.54 Å². The highest BCUT2D eigenvalue weighted by Gasteiger charge is 2.23. The van der Waals surface area contributed by atoms with E-state index >= 15 is 0 Å². The molecule has 8 nitrogen and oxygen atoms in total. The third-order valence-corrected chi connectivity index (χ3v) is 2.59. The number of amides is 1. The monoisotopic (exact) mass is 251 g/mol. The second-order valence-electron chi connectivity index (χ2n) is 4.31. The minimum atomic E-state index is -0.0283. The molecule has 1 aliphatic rings. The van der Waals surface area contributed by atoms with Crippen molar-refractivity contribution in [3.63, 3.8) is 0 Å². The van der Waals surface area contributed by atoms with Gasteiger partial charge >= 0.3 is 0 Å². The van der Waals surface area contributed by atoms with E-state index in [-0.39, 0.29) is 18.4 Å². The first-order valence-corrected chi connectivity index (χ1v) is 5.70. The molecule has 0 aromatic carbocycles. The second kappa shape index (κ2) is 5.05. The number of carbonyl (C=O) groups is 1. The van der Waals surface area contributed by atoms with Gasteiger partial charge in [0.2, 0.25) is 11.9 Å². The van der Waals surface area contributed by atoms with E-state index in [2.05, 4.69) is 20.7 Å². The molecule has 0 atom stereocenters. The molecule has 18 heavy (non-hydrogen) atoms. The Morgan fingerprint density at radius 3 is 2.89 bits per heavy atom. The zero-order valence-electron chi connectivity index (χ0n) is 10.2. The lowest BCUT2D eigenvalue weighted by Crippen LogP contribution is -2.36. The number of nitrogen functional groups attached to an aromatic ring is 2. The molecule has 2 rings (SSSR count). The third-order valence-electron chi connectivity index (χ3n) is 2.59. The van der Waals surface area contributed by atoms with Crippen molar-refractivity contribution in [3.05, 3.63) is 6.07 Å². The standard InChI is InChI=1S/C10H17N7O/c1-17(5-9(18)13-6-2-3-6)8-4-7(16-12)14-10(11)15-8/h4,6H,2-3,5,12H2,1H3,(H,13,18)(H3,11,14,15,16). The zero-order chi connectivity index (χ0) is 13.1. The number of nitrogens with one attached hydrogen (secondary N) is 2. The van der Waals surface area contributed by atoms with E-state index in [4.69, 9.17) is 11.6 Å². The van der Waals surface area contributed by atoms with E-state index < -0.39 is 0 Å². The van der Waals surface area contributed by atoms with E-state index in [9.17, 15) is 4.79 Å². The molecule has 1 aliphatic carbocycles. The Hall–Kier alpha value is -2.09. The van der Waals surface area contributed by atoms with Crippen LogP contribution in [0.15, 0.2) is 6.07 Å². The first-order valence-electron chi connectivity index (χ1n) is 5.70. The van der Waals surface area contributed by atoms with Crippen molar-refractivity contribution in [1.82, 2.24) is 15.3 Å². The summed E-state index contributed by atoms with van der Waals surface area (Å²) in [5.74, 6) is 6.30. The van der Waals surface area contributed by atoms with E-state index in [0.717, 1.165) is 12.8 Å². The molecule has 6 N–H and O–H groups in total. The van der Waals surface area contributed by atoms with Crippen LogP contribution in [0, 0.1) is 0 Å². The number of hydrazine groups is 1. The molecule has 0 saturated heterocycles. The van der Waals surface area contributed by atoms with Crippen LogP contribution < -0.4 is 27.2 Å². The Balaban J connectivity index is 2.00. The van der Waals surface area contributed by atoms with Gasteiger partial charge in [-0.1, -0.05) is 0 Å². The van der Waals surface area contributed by atoms with Crippen molar-refractivity contribution in [2.45, 2.75) is 18.9 Å². The molecule has 0 unspecified atom stereocenters. The summed E-state index contributed by atoms with van der Waals surface area (Å²) in [7, 11) is 1.76. The summed E-state index contributed by atoms with van der Waals surface area (Å²) >= 11 is 0. The molecule has 0 bridgehead atoms. The fraction of sp³-hybridized carbons (Fsp3) is 0.500. The molecule has 8 heteroatoms. The summed E-state index contributed by atoms with van der Waals surface area (Å²) < 4.78 is 0. The molecule has 1 amide bonds. The molecule has 1 aromatic heterocycles. The van der Waals surface area contributed by atoms with Crippen LogP contribution in [-0.2, 0) is 4.79 Å². The van der Waals surface area contributed by atoms with E-state index in [0.29, 0.717) is 17.7 Å². The summed E-state index contributed by atoms with van der Waals surface area (Å²) in [5, 5.41) is 2.90. The van der Waals surface area contributed by atoms with Crippen molar-refractivity contribution in [2.24, 2.45) is 5.84 Å². The number of anilines is 3. The highest BCUT2D eigenvalue weighted by Crippen LogP contribution is 2.19. The molecule has 98 valence electrons. The largest absolute Gasteiger partial charge is 0.368 e. The lowest BCUT2D eigenvalue weighted by atomic mass is 10.4. The van der Waals surface area contributed by atoms with Crippen LogP contribution >= 0.6 is 0 Å². The van der Waals surface area contributed by atoms with Crippen molar-refractivity contribution in [3.8, 4) is 0 Å². The maximum atomic E-state index is 11.6. The number of nitrogens with two attached hydrogens (primary N) is 2. The number of rotatable bonds is 5. The van der Waals surface area contributed by atoms with Gasteiger partial charge in [-0.3, -0.25) is 4.79 Å². The smallest absolute Gasteiger partial charge is 0.239 e. The quantitative estimate of drug-likeness (QED) is 0.393. The Morgan fingerprint density at radius 2 is 2.28 bits per heavy atom. The number of likely N-dealkylation sites (N-methyl/N-ethyl adjacent to an activating group) is 1. The van der Waals surface area contributed by atoms with Crippen LogP contribution in [-0.4, -0.2) is 35.5 Å². The van der Waals surface area contributed by atoms with Gasteiger partial charge in [-0.2, -0.15) is 9.97 Å². The first kappa shape index (κ1) is 12.4. The first-order chi connectivity index (χ1) is 8.58. The van der Waals surface area contributed by atoms with Crippen LogP contribution in [0.3, 0.4) is 0 Å². The fourth-order valence-electron chi connectivity index (χ4n) is 1.52. The van der Waals surface area contributed by atoms with Crippen LogP contribution in [0.1, 0.15) is 12.8 Å². The molecule has 1 fully saturated rings. The molecule has 0 radical (unpaired) electrons. The summed E-state index contributed by atoms with van der Waals surface area (Å²) in [5.41, 5.74) is 7.95. The van der Waals surface area contributed by atoms with Crippen LogP contribution in [0.25, 0.3) is 0 Å². The molecular weight excluding hydrogens is 234 g/mol. The number of hydrogen-bond acceptors (Lipinski definition) is 7. The Labute approximate surface area is 105 Å². The number of aromatic nitrogens is 2. The molecule has 1 heterocycles. The third kappa shape index (κ3) is 3.20. The SMILES string of the molecule is CN(CC(=O)NC1CC1)c1cc(NN)nc(N)n1. The number of hydrogen-bond donors (Lipinski definition) is 4. The highest BCUT2D eigenvalue weighted by atomic mass is 16.2. The summed E-state index contributed by atoms with van der Waals surface area (Å²) in [6.07, 6.45) is 2.13. The summed E-state index contributed by atoms with van der Waals surface area (Å²) in [6, 6.07) is 1.98. The number of carbonyl (C=O) groups excluding carboxylic acids is 1. The fourth-order valence-corrected chi connectivity index (χ4v) is 1.52. The average Bonchev–Trinajstić information content (AvgIpc) is 3.11. The Kier molecular flexibility index (Phi) is 3.47.